The average molecular weight is 1010 g/mol. The molecule has 0 aliphatic rings. The van der Waals surface area contributed by atoms with Gasteiger partial charge in [-0.25, -0.2) is 4.79 Å². The van der Waals surface area contributed by atoms with E-state index in [0.717, 1.165) is 0 Å². The maximum absolute atomic E-state index is 14.2. The lowest BCUT2D eigenvalue weighted by molar-refractivity contribution is -0.142. The topological polar surface area (TPSA) is 479 Å². The minimum absolute atomic E-state index is 0.0240. The Balaban J connectivity index is 2.40. The monoisotopic (exact) mass is 1010 g/mol. The zero-order chi connectivity index (χ0) is 54.2. The third kappa shape index (κ3) is 22.0. The number of carbonyl (C=O) groups excluding carboxylic acids is 8. The summed E-state index contributed by atoms with van der Waals surface area (Å²) in [7, 11) is 0. The van der Waals surface area contributed by atoms with Crippen molar-refractivity contribution in [3.63, 3.8) is 0 Å². The number of rotatable bonds is 30. The van der Waals surface area contributed by atoms with Gasteiger partial charge in [-0.05, 0) is 80.8 Å². The Morgan fingerprint density at radius 2 is 0.889 bits per heavy atom. The lowest BCUT2D eigenvalue weighted by atomic mass is 10.00. The number of phenols is 2. The molecule has 0 saturated carbocycles. The molecule has 2 rings (SSSR count). The van der Waals surface area contributed by atoms with E-state index in [2.05, 4.69) is 47.2 Å². The number of amides is 8. The lowest BCUT2D eigenvalue weighted by Gasteiger charge is -2.28. The van der Waals surface area contributed by atoms with E-state index in [1.54, 1.807) is 26.0 Å². The van der Waals surface area contributed by atoms with Crippen LogP contribution in [0, 0.1) is 5.92 Å². The van der Waals surface area contributed by atoms with E-state index < -0.39 is 114 Å². The van der Waals surface area contributed by atoms with Crippen LogP contribution in [0.15, 0.2) is 58.5 Å². The minimum atomic E-state index is -1.73. The molecule has 0 saturated heterocycles. The summed E-state index contributed by atoms with van der Waals surface area (Å²) in [4.78, 5) is 127. The first-order chi connectivity index (χ1) is 33.8. The number of carboxylic acids is 1. The fourth-order valence-electron chi connectivity index (χ4n) is 6.67. The number of hydrogen-bond acceptors (Lipinski definition) is 14. The number of carbonyl (C=O) groups is 9. The molecule has 0 radical (unpaired) electrons. The molecule has 27 heteroatoms. The number of aliphatic imine (C=N–C) groups is 2. The van der Waals surface area contributed by atoms with Crippen molar-refractivity contribution in [3.05, 3.63) is 59.7 Å². The van der Waals surface area contributed by atoms with Crippen LogP contribution < -0.4 is 71.6 Å². The molecular weight excluding hydrogens is 943 g/mol. The van der Waals surface area contributed by atoms with Gasteiger partial charge in [0.15, 0.2) is 11.9 Å². The molecule has 0 bridgehead atoms. The summed E-state index contributed by atoms with van der Waals surface area (Å²) in [6.07, 6.45) is -1.24. The summed E-state index contributed by atoms with van der Waals surface area (Å²) in [6.45, 7) is 5.98. The van der Waals surface area contributed by atoms with Crippen LogP contribution in [0.3, 0.4) is 0 Å². The second-order valence-electron chi connectivity index (χ2n) is 17.2. The molecule has 2 aromatic rings. The van der Waals surface area contributed by atoms with Crippen molar-refractivity contribution in [1.82, 2.24) is 37.2 Å². The van der Waals surface area contributed by atoms with Gasteiger partial charge in [-0.15, -0.1) is 0 Å². The van der Waals surface area contributed by atoms with E-state index in [1.165, 1.54) is 50.2 Å². The number of primary amides is 1. The van der Waals surface area contributed by atoms with Gasteiger partial charge in [-0.3, -0.25) is 48.3 Å². The largest absolute Gasteiger partial charge is 0.508 e. The van der Waals surface area contributed by atoms with Gasteiger partial charge >= 0.3 is 5.97 Å². The second kappa shape index (κ2) is 29.7. The van der Waals surface area contributed by atoms with Gasteiger partial charge in [0, 0.05) is 25.9 Å². The van der Waals surface area contributed by atoms with Gasteiger partial charge in [-0.2, -0.15) is 0 Å². The van der Waals surface area contributed by atoms with Crippen molar-refractivity contribution in [2.24, 2.45) is 50.3 Å². The molecule has 0 aliphatic carbocycles. The molecule has 0 heterocycles. The number of aromatic hydroxyl groups is 2. The molecule has 72 heavy (non-hydrogen) atoms. The number of nitrogens with zero attached hydrogens (tertiary/aromatic N) is 2. The third-order valence-electron chi connectivity index (χ3n) is 10.6. The van der Waals surface area contributed by atoms with Crippen LogP contribution in [-0.2, 0) is 56.0 Å². The van der Waals surface area contributed by atoms with E-state index >= 15 is 0 Å². The van der Waals surface area contributed by atoms with Crippen LogP contribution in [-0.4, -0.2) is 142 Å². The van der Waals surface area contributed by atoms with Crippen LogP contribution in [0.4, 0.5) is 0 Å². The summed E-state index contributed by atoms with van der Waals surface area (Å²) in [6, 6.07) is 0.393. The molecule has 0 fully saturated rings. The maximum atomic E-state index is 14.2. The van der Waals surface area contributed by atoms with Crippen molar-refractivity contribution >= 4 is 65.1 Å². The predicted molar refractivity (Wildman–Crippen MR) is 263 cm³/mol. The van der Waals surface area contributed by atoms with E-state index in [4.69, 9.17) is 34.4 Å². The van der Waals surface area contributed by atoms with Gasteiger partial charge in [0.1, 0.15) is 53.8 Å². The zero-order valence-corrected chi connectivity index (χ0v) is 40.6. The second-order valence-corrected chi connectivity index (χ2v) is 17.2. The summed E-state index contributed by atoms with van der Waals surface area (Å²) >= 11 is 0. The van der Waals surface area contributed by atoms with Crippen molar-refractivity contribution in [2.75, 3.05) is 13.1 Å². The van der Waals surface area contributed by atoms with Crippen LogP contribution in [0.5, 0.6) is 11.5 Å². The first-order valence-electron chi connectivity index (χ1n) is 22.8. The standard InChI is InChI=1S/C45H69N15O12/c1-22(2)35(60-41(69)32(57-36(64)23(3)46)20-26-11-15-28(62)16-12-26)42(70)54-24(4)37(65)58-31(19-25-9-13-27(61)14-10-25)39(67)55-29(7-5-17-52-44(48)49)38(66)59-33(21-34(47)63)40(68)56-30(43(71)72)8-6-18-53-45(50)51/h9-16,22-24,29-33,35,61-62H,5-8,17-21,46H2,1-4H3,(H2,47,63)(H,54,70)(H,55,67)(H,56,68)(H,57,64)(H,58,65)(H,59,66)(H,60,69)(H,71,72)(H4,48,49,52)(H4,50,51,53)/t23-,24-,29-,30-,31-,32-,33-,35-/m0/s1. The van der Waals surface area contributed by atoms with E-state index in [0.29, 0.717) is 11.1 Å². The fourth-order valence-corrected chi connectivity index (χ4v) is 6.67. The highest BCUT2D eigenvalue weighted by atomic mass is 16.4. The van der Waals surface area contributed by atoms with E-state index in [9.17, 15) is 58.5 Å². The highest BCUT2D eigenvalue weighted by Crippen LogP contribution is 2.15. The normalized spacial score (nSPS) is 14.2. The van der Waals surface area contributed by atoms with Gasteiger partial charge in [0.25, 0.3) is 0 Å². The number of phenolic OH excluding ortho intramolecular Hbond substituents is 2. The summed E-state index contributed by atoms with van der Waals surface area (Å²) in [5, 5.41) is 46.8. The molecule has 0 spiro atoms. The number of benzene rings is 2. The predicted octanol–water partition coefficient (Wildman–Crippen LogP) is -4.63. The highest BCUT2D eigenvalue weighted by molar-refractivity contribution is 5.98. The Kier molecular flexibility index (Phi) is 24.7. The van der Waals surface area contributed by atoms with Gasteiger partial charge in [0.2, 0.25) is 47.3 Å². The van der Waals surface area contributed by atoms with Crippen LogP contribution in [0.2, 0.25) is 0 Å². The lowest BCUT2D eigenvalue weighted by Crippen LogP contribution is -2.60. The maximum Gasteiger partial charge on any atom is 0.326 e. The molecule has 2 aromatic carbocycles. The quantitative estimate of drug-likeness (QED) is 0.0199. The minimum Gasteiger partial charge on any atom is -0.508 e. The molecule has 22 N–H and O–H groups in total. The molecule has 0 unspecified atom stereocenters. The first-order valence-corrected chi connectivity index (χ1v) is 22.8. The van der Waals surface area contributed by atoms with Gasteiger partial charge in [0.05, 0.1) is 12.5 Å². The number of hydrogen-bond donors (Lipinski definition) is 16. The zero-order valence-electron chi connectivity index (χ0n) is 40.6. The first kappa shape index (κ1) is 59.9. The molecule has 396 valence electrons. The Hall–Kier alpha value is -8.23. The Labute approximate surface area is 415 Å². The SMILES string of the molecule is CC(C)[C@H](NC(=O)[C@H](Cc1ccc(O)cc1)NC(=O)[C@H](C)N)C(=O)N[C@@H](C)C(=O)N[C@@H](Cc1ccc(O)cc1)C(=O)N[C@@H](CCCN=C(N)N)C(=O)N[C@@H](CC(N)=O)C(=O)N[C@@H](CCCN=C(N)N)C(=O)O. The molecular formula is C45H69N15O12. The molecule has 0 aliphatic heterocycles. The van der Waals surface area contributed by atoms with Crippen molar-refractivity contribution in [2.45, 2.75) is 121 Å². The number of guanidine groups is 2. The fraction of sp³-hybridized carbons (Fsp3) is 0.489. The summed E-state index contributed by atoms with van der Waals surface area (Å²) in [5.74, 6) is -9.91. The summed E-state index contributed by atoms with van der Waals surface area (Å²) in [5.41, 5.74) is 33.6. The Morgan fingerprint density at radius 1 is 0.500 bits per heavy atom. The van der Waals surface area contributed by atoms with Crippen molar-refractivity contribution < 1.29 is 58.5 Å². The molecule has 8 amide bonds. The number of carboxylic acid groups (broad SMARTS) is 1. The smallest absolute Gasteiger partial charge is 0.326 e. The van der Waals surface area contributed by atoms with Gasteiger partial charge in [-0.1, -0.05) is 38.1 Å². The summed E-state index contributed by atoms with van der Waals surface area (Å²) < 4.78 is 0. The average Bonchev–Trinajstić information content (AvgIpc) is 3.29. The third-order valence-corrected chi connectivity index (χ3v) is 10.6. The van der Waals surface area contributed by atoms with Crippen LogP contribution in [0.1, 0.15) is 70.9 Å². The number of aliphatic carboxylic acids is 1. The Morgan fingerprint density at radius 3 is 1.32 bits per heavy atom. The molecule has 0 aromatic heterocycles. The van der Waals surface area contributed by atoms with E-state index in [1.807, 2.05) is 0 Å². The van der Waals surface area contributed by atoms with Crippen molar-refractivity contribution in [3.8, 4) is 11.5 Å². The number of nitrogens with two attached hydrogens (primary N) is 6. The van der Waals surface area contributed by atoms with Gasteiger partial charge < -0.3 is 86.9 Å². The van der Waals surface area contributed by atoms with E-state index in [-0.39, 0.29) is 75.0 Å². The highest BCUT2D eigenvalue weighted by Gasteiger charge is 2.35. The number of nitrogens with one attached hydrogen (secondary N) is 7. The van der Waals surface area contributed by atoms with Crippen LogP contribution >= 0.6 is 0 Å². The van der Waals surface area contributed by atoms with Crippen LogP contribution in [0.25, 0.3) is 0 Å². The Bertz CT molecular complexity index is 2250. The molecule has 8 atom stereocenters. The molecule has 27 nitrogen and oxygen atoms in total. The van der Waals surface area contributed by atoms with Crippen molar-refractivity contribution in [1.29, 1.82) is 0 Å².